The third kappa shape index (κ3) is 4.35. The number of nitrogens with one attached hydrogen (secondary N) is 2. The normalized spacial score (nSPS) is 10.5. The molecule has 27 heavy (non-hydrogen) atoms. The lowest BCUT2D eigenvalue weighted by atomic mass is 10.2. The Morgan fingerprint density at radius 3 is 2.48 bits per heavy atom. The van der Waals surface area contributed by atoms with Crippen molar-refractivity contribution >= 4 is 29.0 Å². The molecule has 3 aromatic rings. The standard InChI is InChI=1S/C18H12ClF3N4O/c19-11-4-2-1-3-10(11)7-24-15-9-23-14(8-25-15)18(27)26-13-6-5-12(20)16(21)17(13)22/h1-6,8-9H,7H2,(H,24,25)(H,26,27). The van der Waals surface area contributed by atoms with Gasteiger partial charge in [0.2, 0.25) is 0 Å². The Labute approximate surface area is 157 Å². The van der Waals surface area contributed by atoms with Gasteiger partial charge in [-0.25, -0.2) is 23.1 Å². The molecule has 0 spiro atoms. The number of hydrogen-bond acceptors (Lipinski definition) is 4. The molecular weight excluding hydrogens is 381 g/mol. The molecule has 5 nitrogen and oxygen atoms in total. The molecule has 2 N–H and O–H groups in total. The molecule has 0 saturated heterocycles. The molecular formula is C18H12ClF3N4O. The van der Waals surface area contributed by atoms with Gasteiger partial charge >= 0.3 is 0 Å². The van der Waals surface area contributed by atoms with Crippen molar-refractivity contribution in [1.82, 2.24) is 9.97 Å². The van der Waals surface area contributed by atoms with Crippen molar-refractivity contribution in [1.29, 1.82) is 0 Å². The summed E-state index contributed by atoms with van der Waals surface area (Å²) in [5.74, 6) is -4.93. The van der Waals surface area contributed by atoms with Gasteiger partial charge in [-0.05, 0) is 23.8 Å². The van der Waals surface area contributed by atoms with E-state index in [0.29, 0.717) is 23.5 Å². The van der Waals surface area contributed by atoms with E-state index in [-0.39, 0.29) is 5.69 Å². The molecule has 1 amide bonds. The zero-order valence-electron chi connectivity index (χ0n) is 13.6. The molecule has 0 fully saturated rings. The van der Waals surface area contributed by atoms with Crippen molar-refractivity contribution in [2.24, 2.45) is 0 Å². The number of amides is 1. The molecule has 0 aliphatic carbocycles. The summed E-state index contributed by atoms with van der Waals surface area (Å²) in [4.78, 5) is 20.0. The minimum Gasteiger partial charge on any atom is -0.365 e. The maximum absolute atomic E-state index is 13.6. The van der Waals surface area contributed by atoms with E-state index in [9.17, 15) is 18.0 Å². The molecule has 0 radical (unpaired) electrons. The first kappa shape index (κ1) is 18.7. The summed E-state index contributed by atoms with van der Waals surface area (Å²) in [6, 6.07) is 8.89. The summed E-state index contributed by atoms with van der Waals surface area (Å²) >= 11 is 6.06. The van der Waals surface area contributed by atoms with Crippen LogP contribution in [0.2, 0.25) is 5.02 Å². The van der Waals surface area contributed by atoms with Gasteiger partial charge in [0.1, 0.15) is 11.5 Å². The first-order valence-corrected chi connectivity index (χ1v) is 8.07. The van der Waals surface area contributed by atoms with E-state index in [1.807, 2.05) is 18.2 Å². The minimum atomic E-state index is -1.67. The van der Waals surface area contributed by atoms with Crippen LogP contribution in [0.5, 0.6) is 0 Å². The quantitative estimate of drug-likeness (QED) is 0.631. The van der Waals surface area contributed by atoms with Gasteiger partial charge in [-0.3, -0.25) is 4.79 Å². The molecule has 1 heterocycles. The lowest BCUT2D eigenvalue weighted by Gasteiger charge is -2.09. The third-order valence-electron chi connectivity index (χ3n) is 3.59. The first-order chi connectivity index (χ1) is 13.0. The van der Waals surface area contributed by atoms with Crippen LogP contribution < -0.4 is 10.6 Å². The SMILES string of the molecule is O=C(Nc1ccc(F)c(F)c1F)c1cnc(NCc2ccccc2Cl)cn1. The zero-order valence-corrected chi connectivity index (χ0v) is 14.4. The number of anilines is 2. The molecule has 3 rings (SSSR count). The van der Waals surface area contributed by atoms with Gasteiger partial charge in [-0.2, -0.15) is 0 Å². The molecule has 0 aliphatic heterocycles. The largest absolute Gasteiger partial charge is 0.365 e. The topological polar surface area (TPSA) is 66.9 Å². The van der Waals surface area contributed by atoms with Crippen molar-refractivity contribution in [3.8, 4) is 0 Å². The van der Waals surface area contributed by atoms with E-state index in [4.69, 9.17) is 11.6 Å². The number of nitrogens with zero attached hydrogens (tertiary/aromatic N) is 2. The first-order valence-electron chi connectivity index (χ1n) is 7.70. The van der Waals surface area contributed by atoms with Gasteiger partial charge < -0.3 is 10.6 Å². The van der Waals surface area contributed by atoms with Gasteiger partial charge in [-0.15, -0.1) is 0 Å². The number of carbonyl (C=O) groups excluding carboxylic acids is 1. The second kappa shape index (κ2) is 8.05. The molecule has 1 aromatic heterocycles. The zero-order chi connectivity index (χ0) is 19.4. The summed E-state index contributed by atoms with van der Waals surface area (Å²) in [7, 11) is 0. The van der Waals surface area contributed by atoms with Crippen LogP contribution in [-0.2, 0) is 6.54 Å². The highest BCUT2D eigenvalue weighted by atomic mass is 35.5. The fourth-order valence-electron chi connectivity index (χ4n) is 2.17. The number of carbonyl (C=O) groups is 1. The van der Waals surface area contributed by atoms with E-state index in [0.717, 1.165) is 11.6 Å². The minimum absolute atomic E-state index is 0.123. The fourth-order valence-corrected chi connectivity index (χ4v) is 2.38. The maximum atomic E-state index is 13.6. The van der Waals surface area contributed by atoms with Gasteiger partial charge in [0.25, 0.3) is 5.91 Å². The highest BCUT2D eigenvalue weighted by Gasteiger charge is 2.16. The Kier molecular flexibility index (Phi) is 5.56. The van der Waals surface area contributed by atoms with E-state index in [1.165, 1.54) is 12.4 Å². The molecule has 0 atom stereocenters. The summed E-state index contributed by atoms with van der Waals surface area (Å²) in [6.45, 7) is 0.403. The average Bonchev–Trinajstić information content (AvgIpc) is 2.68. The fraction of sp³-hybridized carbons (Fsp3) is 0.0556. The van der Waals surface area contributed by atoms with Gasteiger partial charge in [0.15, 0.2) is 17.5 Å². The Morgan fingerprint density at radius 2 is 1.78 bits per heavy atom. The third-order valence-corrected chi connectivity index (χ3v) is 3.95. The molecule has 138 valence electrons. The summed E-state index contributed by atoms with van der Waals surface area (Å²) in [5.41, 5.74) is 0.237. The second-order valence-corrected chi connectivity index (χ2v) is 5.82. The Hall–Kier alpha value is -3.13. The number of halogens is 4. The highest BCUT2D eigenvalue weighted by molar-refractivity contribution is 6.31. The molecule has 2 aromatic carbocycles. The number of aromatic nitrogens is 2. The van der Waals surface area contributed by atoms with Crippen LogP contribution >= 0.6 is 11.6 Å². The van der Waals surface area contributed by atoms with E-state index in [2.05, 4.69) is 20.6 Å². The molecule has 0 aliphatic rings. The number of benzene rings is 2. The van der Waals surface area contributed by atoms with Crippen LogP contribution in [0.1, 0.15) is 16.1 Å². The van der Waals surface area contributed by atoms with Crippen molar-refractivity contribution < 1.29 is 18.0 Å². The van der Waals surface area contributed by atoms with Crippen molar-refractivity contribution in [2.75, 3.05) is 10.6 Å². The lowest BCUT2D eigenvalue weighted by molar-refractivity contribution is 0.102. The average molecular weight is 393 g/mol. The van der Waals surface area contributed by atoms with Crippen molar-refractivity contribution in [2.45, 2.75) is 6.54 Å². The summed E-state index contributed by atoms with van der Waals surface area (Å²) in [5, 5.41) is 5.72. The summed E-state index contributed by atoms with van der Waals surface area (Å²) < 4.78 is 39.7. The van der Waals surface area contributed by atoms with Crippen LogP contribution in [0.25, 0.3) is 0 Å². The predicted octanol–water partition coefficient (Wildman–Crippen LogP) is 4.41. The van der Waals surface area contributed by atoms with Gasteiger partial charge in [0.05, 0.1) is 18.1 Å². The molecule has 0 saturated carbocycles. The Morgan fingerprint density at radius 1 is 1.00 bits per heavy atom. The molecule has 0 bridgehead atoms. The molecule has 9 heteroatoms. The molecule has 0 unspecified atom stereocenters. The van der Waals surface area contributed by atoms with Crippen LogP contribution in [0.15, 0.2) is 48.8 Å². The second-order valence-electron chi connectivity index (χ2n) is 5.41. The van der Waals surface area contributed by atoms with Gasteiger partial charge in [-0.1, -0.05) is 29.8 Å². The lowest BCUT2D eigenvalue weighted by Crippen LogP contribution is -2.16. The van der Waals surface area contributed by atoms with Gasteiger partial charge in [0, 0.05) is 11.6 Å². The Balaban J connectivity index is 1.65. The monoisotopic (exact) mass is 392 g/mol. The van der Waals surface area contributed by atoms with Crippen LogP contribution in [0.3, 0.4) is 0 Å². The van der Waals surface area contributed by atoms with E-state index >= 15 is 0 Å². The van der Waals surface area contributed by atoms with Crippen molar-refractivity contribution in [3.05, 3.63) is 82.5 Å². The van der Waals surface area contributed by atoms with Crippen LogP contribution in [0, 0.1) is 17.5 Å². The predicted molar refractivity (Wildman–Crippen MR) is 95.1 cm³/mol. The maximum Gasteiger partial charge on any atom is 0.275 e. The van der Waals surface area contributed by atoms with Crippen LogP contribution in [0.4, 0.5) is 24.7 Å². The van der Waals surface area contributed by atoms with E-state index < -0.39 is 29.0 Å². The van der Waals surface area contributed by atoms with Crippen molar-refractivity contribution in [3.63, 3.8) is 0 Å². The summed E-state index contributed by atoms with van der Waals surface area (Å²) in [6.07, 6.45) is 2.48. The number of rotatable bonds is 5. The van der Waals surface area contributed by atoms with Crippen LogP contribution in [-0.4, -0.2) is 15.9 Å². The van der Waals surface area contributed by atoms with E-state index in [1.54, 1.807) is 6.07 Å². The smallest absolute Gasteiger partial charge is 0.275 e. The number of hydrogen-bond donors (Lipinski definition) is 2. The Bertz CT molecular complexity index is 983. The highest BCUT2D eigenvalue weighted by Crippen LogP contribution is 2.20.